The minimum Gasteiger partial charge on any atom is -0.480 e. The zero-order chi connectivity index (χ0) is 13.7. The van der Waals surface area contributed by atoms with Gasteiger partial charge in [0.1, 0.15) is 12.1 Å². The number of carbonyl (C=O) groups is 2. The molecule has 3 atom stereocenters. The summed E-state index contributed by atoms with van der Waals surface area (Å²) < 4.78 is 5.55. The number of amides is 1. The van der Waals surface area contributed by atoms with Gasteiger partial charge in [-0.25, -0.2) is 4.79 Å². The van der Waals surface area contributed by atoms with Crippen LogP contribution in [0.15, 0.2) is 0 Å². The average molecular weight is 257 g/mol. The van der Waals surface area contributed by atoms with Gasteiger partial charge in [-0.2, -0.15) is 0 Å². The van der Waals surface area contributed by atoms with Crippen molar-refractivity contribution in [2.75, 3.05) is 0 Å². The summed E-state index contributed by atoms with van der Waals surface area (Å²) in [4.78, 5) is 23.0. The predicted molar refractivity (Wildman–Crippen MR) is 67.2 cm³/mol. The first-order chi connectivity index (χ1) is 8.43. The van der Waals surface area contributed by atoms with Crippen LogP contribution in [0.25, 0.3) is 0 Å². The number of hydrogen-bond donors (Lipinski definition) is 2. The monoisotopic (exact) mass is 257 g/mol. The lowest BCUT2D eigenvalue weighted by Gasteiger charge is -2.19. The van der Waals surface area contributed by atoms with E-state index in [9.17, 15) is 9.59 Å². The van der Waals surface area contributed by atoms with Crippen LogP contribution in [-0.2, 0) is 14.3 Å². The quantitative estimate of drug-likeness (QED) is 0.757. The zero-order valence-corrected chi connectivity index (χ0v) is 11.3. The highest BCUT2D eigenvalue weighted by atomic mass is 16.5. The number of aliphatic carboxylic acids is 1. The van der Waals surface area contributed by atoms with E-state index in [0.29, 0.717) is 12.8 Å². The highest BCUT2D eigenvalue weighted by Gasteiger charge is 2.32. The number of carbonyl (C=O) groups excluding carboxylic acids is 1. The Kier molecular flexibility index (Phi) is 5.59. The number of rotatable bonds is 6. The Morgan fingerprint density at radius 3 is 2.50 bits per heavy atom. The van der Waals surface area contributed by atoms with E-state index in [-0.39, 0.29) is 17.9 Å². The van der Waals surface area contributed by atoms with Gasteiger partial charge in [-0.3, -0.25) is 4.79 Å². The van der Waals surface area contributed by atoms with E-state index in [1.165, 1.54) is 0 Å². The minimum absolute atomic E-state index is 0.133. The summed E-state index contributed by atoms with van der Waals surface area (Å²) in [7, 11) is 0. The third-order valence-electron chi connectivity index (χ3n) is 3.18. The molecule has 5 nitrogen and oxygen atoms in total. The van der Waals surface area contributed by atoms with Gasteiger partial charge in [-0.15, -0.1) is 0 Å². The van der Waals surface area contributed by atoms with Crippen molar-refractivity contribution in [1.82, 2.24) is 5.32 Å². The van der Waals surface area contributed by atoms with Crippen LogP contribution in [0.2, 0.25) is 0 Å². The van der Waals surface area contributed by atoms with Crippen LogP contribution in [0, 0.1) is 5.92 Å². The van der Waals surface area contributed by atoms with E-state index in [2.05, 4.69) is 5.32 Å². The number of carboxylic acids is 1. The Bertz CT molecular complexity index is 303. The van der Waals surface area contributed by atoms with Crippen molar-refractivity contribution in [3.8, 4) is 0 Å². The molecule has 1 saturated heterocycles. The maximum atomic E-state index is 11.9. The predicted octanol–water partition coefficient (Wildman–Crippen LogP) is 1.56. The van der Waals surface area contributed by atoms with Crippen LogP contribution in [0.5, 0.6) is 0 Å². The van der Waals surface area contributed by atoms with Gasteiger partial charge < -0.3 is 15.2 Å². The maximum absolute atomic E-state index is 11.9. The van der Waals surface area contributed by atoms with E-state index in [4.69, 9.17) is 9.84 Å². The molecule has 104 valence electrons. The fourth-order valence-corrected chi connectivity index (χ4v) is 2.16. The third-order valence-corrected chi connectivity index (χ3v) is 3.18. The average Bonchev–Trinajstić information content (AvgIpc) is 2.75. The first-order valence-corrected chi connectivity index (χ1v) is 6.62. The molecule has 5 heteroatoms. The third kappa shape index (κ3) is 4.29. The first-order valence-electron chi connectivity index (χ1n) is 6.62. The summed E-state index contributed by atoms with van der Waals surface area (Å²) in [5, 5.41) is 11.6. The Balaban J connectivity index is 2.49. The van der Waals surface area contributed by atoms with Crippen molar-refractivity contribution in [3.05, 3.63) is 0 Å². The smallest absolute Gasteiger partial charge is 0.326 e. The molecule has 0 bridgehead atoms. The highest BCUT2D eigenvalue weighted by Crippen LogP contribution is 2.22. The highest BCUT2D eigenvalue weighted by molar-refractivity contribution is 5.86. The normalized spacial score (nSPS) is 25.1. The van der Waals surface area contributed by atoms with Crippen LogP contribution in [0.3, 0.4) is 0 Å². The lowest BCUT2D eigenvalue weighted by Crippen LogP contribution is -2.46. The van der Waals surface area contributed by atoms with E-state index in [0.717, 1.165) is 12.8 Å². The van der Waals surface area contributed by atoms with Gasteiger partial charge >= 0.3 is 5.97 Å². The van der Waals surface area contributed by atoms with Crippen molar-refractivity contribution < 1.29 is 19.4 Å². The second-order valence-electron chi connectivity index (χ2n) is 5.26. The molecule has 0 aromatic rings. The summed E-state index contributed by atoms with van der Waals surface area (Å²) in [5.41, 5.74) is 0. The second-order valence-corrected chi connectivity index (χ2v) is 5.26. The first kappa shape index (κ1) is 15.0. The topological polar surface area (TPSA) is 75.6 Å². The molecule has 1 amide bonds. The summed E-state index contributed by atoms with van der Waals surface area (Å²) in [6, 6.07) is -0.818. The zero-order valence-electron chi connectivity index (χ0n) is 11.3. The van der Waals surface area contributed by atoms with Gasteiger partial charge in [-0.05, 0) is 31.6 Å². The van der Waals surface area contributed by atoms with Gasteiger partial charge in [0, 0.05) is 0 Å². The molecular formula is C13H23NO4. The largest absolute Gasteiger partial charge is 0.480 e. The van der Waals surface area contributed by atoms with Gasteiger partial charge in [0.25, 0.3) is 0 Å². The van der Waals surface area contributed by atoms with Crippen molar-refractivity contribution in [3.63, 3.8) is 0 Å². The lowest BCUT2D eigenvalue weighted by molar-refractivity contribution is -0.144. The number of carboxylic acid groups (broad SMARTS) is 1. The maximum Gasteiger partial charge on any atom is 0.326 e. The number of ether oxygens (including phenoxy) is 1. The van der Waals surface area contributed by atoms with Crippen LogP contribution in [0.4, 0.5) is 0 Å². The van der Waals surface area contributed by atoms with Gasteiger partial charge in [0.2, 0.25) is 5.91 Å². The molecule has 0 aliphatic carbocycles. The molecule has 1 rings (SSSR count). The SMILES string of the molecule is CCC1CCC(C(=O)N[C@H](CC(C)C)C(=O)O)O1. The van der Waals surface area contributed by atoms with E-state index in [1.54, 1.807) is 0 Å². The molecule has 0 aromatic carbocycles. The molecule has 0 saturated carbocycles. The molecule has 0 aromatic heterocycles. The molecule has 1 aliphatic rings. The summed E-state index contributed by atoms with van der Waals surface area (Å²) in [6.45, 7) is 5.88. The lowest BCUT2D eigenvalue weighted by atomic mass is 10.0. The molecular weight excluding hydrogens is 234 g/mol. The van der Waals surface area contributed by atoms with E-state index in [1.807, 2.05) is 20.8 Å². The van der Waals surface area contributed by atoms with Gasteiger partial charge in [-0.1, -0.05) is 20.8 Å². The summed E-state index contributed by atoms with van der Waals surface area (Å²) >= 11 is 0. The van der Waals surface area contributed by atoms with Crippen LogP contribution in [-0.4, -0.2) is 35.2 Å². The van der Waals surface area contributed by atoms with Crippen LogP contribution < -0.4 is 5.32 Å². The molecule has 1 fully saturated rings. The molecule has 18 heavy (non-hydrogen) atoms. The van der Waals surface area contributed by atoms with Crippen LogP contribution in [0.1, 0.15) is 46.5 Å². The molecule has 1 aliphatic heterocycles. The Morgan fingerprint density at radius 2 is 2.06 bits per heavy atom. The second kappa shape index (κ2) is 6.73. The molecule has 0 spiro atoms. The van der Waals surface area contributed by atoms with Crippen molar-refractivity contribution in [2.24, 2.45) is 5.92 Å². The van der Waals surface area contributed by atoms with Crippen molar-refractivity contribution in [2.45, 2.75) is 64.7 Å². The van der Waals surface area contributed by atoms with E-state index >= 15 is 0 Å². The number of hydrogen-bond acceptors (Lipinski definition) is 3. The Labute approximate surface area is 108 Å². The van der Waals surface area contributed by atoms with E-state index < -0.39 is 18.1 Å². The summed E-state index contributed by atoms with van der Waals surface area (Å²) in [5.74, 6) is -1.06. The molecule has 1 heterocycles. The molecule has 0 radical (unpaired) electrons. The molecule has 2 unspecified atom stereocenters. The molecule has 2 N–H and O–H groups in total. The van der Waals surface area contributed by atoms with Gasteiger partial charge in [0.05, 0.1) is 6.10 Å². The van der Waals surface area contributed by atoms with Gasteiger partial charge in [0.15, 0.2) is 0 Å². The van der Waals surface area contributed by atoms with Crippen molar-refractivity contribution >= 4 is 11.9 Å². The standard InChI is InChI=1S/C13H23NO4/c1-4-9-5-6-11(18-9)12(15)14-10(13(16)17)7-8(2)3/h8-11H,4-7H2,1-3H3,(H,14,15)(H,16,17)/t9?,10-,11?/m1/s1. The Morgan fingerprint density at radius 1 is 1.39 bits per heavy atom. The number of nitrogens with one attached hydrogen (secondary N) is 1. The fraction of sp³-hybridized carbons (Fsp3) is 0.846. The Hall–Kier alpha value is -1.10. The fourth-order valence-electron chi connectivity index (χ4n) is 2.16. The summed E-state index contributed by atoms with van der Waals surface area (Å²) in [6.07, 6.45) is 2.52. The van der Waals surface area contributed by atoms with Crippen LogP contribution >= 0.6 is 0 Å². The minimum atomic E-state index is -0.984. The van der Waals surface area contributed by atoms with Crippen molar-refractivity contribution in [1.29, 1.82) is 0 Å².